The third kappa shape index (κ3) is 2.33. The van der Waals surface area contributed by atoms with E-state index in [0.29, 0.717) is 19.6 Å². The van der Waals surface area contributed by atoms with Crippen molar-refractivity contribution in [3.8, 4) is 0 Å². The molecule has 1 saturated heterocycles. The van der Waals surface area contributed by atoms with E-state index >= 15 is 0 Å². The maximum absolute atomic E-state index is 11.6. The molecule has 2 atom stereocenters. The van der Waals surface area contributed by atoms with Crippen molar-refractivity contribution in [1.82, 2.24) is 5.32 Å². The van der Waals surface area contributed by atoms with Gasteiger partial charge in [0, 0.05) is 19.6 Å². The minimum atomic E-state index is -0.726. The van der Waals surface area contributed by atoms with E-state index in [2.05, 4.69) is 5.32 Å². The quantitative estimate of drug-likeness (QED) is 0.810. The Morgan fingerprint density at radius 1 is 1.53 bits per heavy atom. The maximum Gasteiger partial charge on any atom is 0.240 e. The van der Waals surface area contributed by atoms with Gasteiger partial charge in [-0.25, -0.2) is 0 Å². The van der Waals surface area contributed by atoms with Crippen LogP contribution in [0, 0.1) is 0 Å². The molecule has 0 bridgehead atoms. The van der Waals surface area contributed by atoms with E-state index in [-0.39, 0.29) is 12.0 Å². The molecule has 17 heavy (non-hydrogen) atoms. The van der Waals surface area contributed by atoms with Crippen molar-refractivity contribution in [3.05, 3.63) is 35.9 Å². The van der Waals surface area contributed by atoms with Crippen molar-refractivity contribution in [2.75, 3.05) is 6.61 Å². The molecular weight excluding hydrogens is 216 g/mol. The molecule has 0 aliphatic carbocycles. The second-order valence-electron chi connectivity index (χ2n) is 4.44. The number of primary amides is 1. The fourth-order valence-electron chi connectivity index (χ4n) is 2.24. The molecule has 4 nitrogen and oxygen atoms in total. The lowest BCUT2D eigenvalue weighted by Gasteiger charge is -2.30. The molecule has 1 aliphatic heterocycles. The van der Waals surface area contributed by atoms with Crippen LogP contribution in [0.15, 0.2) is 30.3 Å². The molecule has 0 saturated carbocycles. The van der Waals surface area contributed by atoms with Gasteiger partial charge >= 0.3 is 0 Å². The van der Waals surface area contributed by atoms with Crippen LogP contribution in [0.2, 0.25) is 0 Å². The lowest BCUT2D eigenvalue weighted by Crippen LogP contribution is -2.59. The van der Waals surface area contributed by atoms with Gasteiger partial charge in [0.05, 0.1) is 6.10 Å². The predicted molar refractivity (Wildman–Crippen MR) is 65.2 cm³/mol. The Morgan fingerprint density at radius 2 is 2.24 bits per heavy atom. The van der Waals surface area contributed by atoms with Gasteiger partial charge in [-0.2, -0.15) is 0 Å². The van der Waals surface area contributed by atoms with Gasteiger partial charge in [0.2, 0.25) is 5.91 Å². The predicted octanol–water partition coefficient (Wildman–Crippen LogP) is 0.809. The first-order chi connectivity index (χ1) is 8.15. The molecule has 1 amide bonds. The van der Waals surface area contributed by atoms with Crippen molar-refractivity contribution >= 4 is 5.91 Å². The highest BCUT2D eigenvalue weighted by atomic mass is 16.5. The summed E-state index contributed by atoms with van der Waals surface area (Å²) in [7, 11) is 0. The van der Waals surface area contributed by atoms with E-state index in [1.165, 1.54) is 0 Å². The first-order valence-corrected chi connectivity index (χ1v) is 5.85. The van der Waals surface area contributed by atoms with E-state index < -0.39 is 5.54 Å². The summed E-state index contributed by atoms with van der Waals surface area (Å²) in [6, 6.07) is 9.95. The summed E-state index contributed by atoms with van der Waals surface area (Å²) < 4.78 is 5.46. The van der Waals surface area contributed by atoms with Crippen molar-refractivity contribution in [2.45, 2.75) is 31.5 Å². The van der Waals surface area contributed by atoms with Gasteiger partial charge < -0.3 is 10.5 Å². The van der Waals surface area contributed by atoms with Gasteiger partial charge in [-0.15, -0.1) is 0 Å². The highest BCUT2D eigenvalue weighted by Gasteiger charge is 2.46. The Kier molecular flexibility index (Phi) is 3.45. The first kappa shape index (κ1) is 12.1. The van der Waals surface area contributed by atoms with Crippen LogP contribution in [0.1, 0.15) is 18.9 Å². The highest BCUT2D eigenvalue weighted by molar-refractivity contribution is 5.85. The summed E-state index contributed by atoms with van der Waals surface area (Å²) in [5.41, 5.74) is 5.91. The molecule has 2 unspecified atom stereocenters. The molecule has 0 radical (unpaired) electrons. The van der Waals surface area contributed by atoms with Crippen LogP contribution in [-0.4, -0.2) is 24.2 Å². The normalized spacial score (nSPS) is 28.2. The third-order valence-corrected chi connectivity index (χ3v) is 3.45. The van der Waals surface area contributed by atoms with Gasteiger partial charge in [-0.05, 0) is 12.5 Å². The molecule has 1 aromatic carbocycles. The number of carbonyl (C=O) groups excluding carboxylic acids is 1. The molecule has 92 valence electrons. The lowest BCUT2D eigenvalue weighted by atomic mass is 9.91. The Labute approximate surface area is 101 Å². The lowest BCUT2D eigenvalue weighted by molar-refractivity contribution is -0.126. The summed E-state index contributed by atoms with van der Waals surface area (Å²) in [4.78, 5) is 11.6. The third-order valence-electron chi connectivity index (χ3n) is 3.45. The Bertz CT molecular complexity index is 394. The van der Waals surface area contributed by atoms with Crippen molar-refractivity contribution in [3.63, 3.8) is 0 Å². The zero-order valence-corrected chi connectivity index (χ0v) is 9.98. The van der Waals surface area contributed by atoms with Crippen LogP contribution in [0.3, 0.4) is 0 Å². The average molecular weight is 234 g/mol. The van der Waals surface area contributed by atoms with Gasteiger partial charge in [-0.1, -0.05) is 30.3 Å². The SMILES string of the molecule is CC1OCCC1(NCc1ccccc1)C(N)=O. The second-order valence-corrected chi connectivity index (χ2v) is 4.44. The van der Waals surface area contributed by atoms with Crippen molar-refractivity contribution < 1.29 is 9.53 Å². The second kappa shape index (κ2) is 4.85. The number of nitrogens with one attached hydrogen (secondary N) is 1. The monoisotopic (exact) mass is 234 g/mol. The number of carbonyl (C=O) groups is 1. The van der Waals surface area contributed by atoms with E-state index in [4.69, 9.17) is 10.5 Å². The molecular formula is C13H18N2O2. The summed E-state index contributed by atoms with van der Waals surface area (Å²) in [6.45, 7) is 3.08. The minimum absolute atomic E-state index is 0.177. The number of amides is 1. The number of ether oxygens (including phenoxy) is 1. The van der Waals surface area contributed by atoms with Gasteiger partial charge in [0.15, 0.2) is 0 Å². The Morgan fingerprint density at radius 3 is 2.76 bits per heavy atom. The van der Waals surface area contributed by atoms with Crippen LogP contribution >= 0.6 is 0 Å². The van der Waals surface area contributed by atoms with Crippen LogP contribution in [0.5, 0.6) is 0 Å². The first-order valence-electron chi connectivity index (χ1n) is 5.85. The van der Waals surface area contributed by atoms with E-state index in [9.17, 15) is 4.79 Å². The largest absolute Gasteiger partial charge is 0.376 e. The number of hydrogen-bond donors (Lipinski definition) is 2. The highest BCUT2D eigenvalue weighted by Crippen LogP contribution is 2.26. The fraction of sp³-hybridized carbons (Fsp3) is 0.462. The smallest absolute Gasteiger partial charge is 0.240 e. The van der Waals surface area contributed by atoms with Crippen LogP contribution in [-0.2, 0) is 16.1 Å². The van der Waals surface area contributed by atoms with E-state index in [1.807, 2.05) is 37.3 Å². The van der Waals surface area contributed by atoms with Crippen molar-refractivity contribution in [2.24, 2.45) is 5.73 Å². The molecule has 4 heteroatoms. The molecule has 2 rings (SSSR count). The number of benzene rings is 1. The summed E-state index contributed by atoms with van der Waals surface area (Å²) >= 11 is 0. The Balaban J connectivity index is 2.07. The van der Waals surface area contributed by atoms with Gasteiger partial charge in [0.1, 0.15) is 5.54 Å². The Hall–Kier alpha value is -1.39. The summed E-state index contributed by atoms with van der Waals surface area (Å²) in [6.07, 6.45) is 0.458. The number of nitrogens with two attached hydrogens (primary N) is 1. The van der Waals surface area contributed by atoms with E-state index in [1.54, 1.807) is 0 Å². The maximum atomic E-state index is 11.6. The molecule has 1 aliphatic rings. The van der Waals surface area contributed by atoms with Crippen LogP contribution in [0.25, 0.3) is 0 Å². The summed E-state index contributed by atoms with van der Waals surface area (Å²) in [5.74, 6) is -0.335. The minimum Gasteiger partial charge on any atom is -0.376 e. The molecule has 1 fully saturated rings. The summed E-state index contributed by atoms with van der Waals surface area (Å²) in [5, 5.41) is 3.26. The topological polar surface area (TPSA) is 64.3 Å². The zero-order valence-electron chi connectivity index (χ0n) is 9.98. The molecule has 1 aromatic rings. The van der Waals surface area contributed by atoms with E-state index in [0.717, 1.165) is 5.56 Å². The van der Waals surface area contributed by atoms with Crippen LogP contribution in [0.4, 0.5) is 0 Å². The van der Waals surface area contributed by atoms with Gasteiger partial charge in [0.25, 0.3) is 0 Å². The van der Waals surface area contributed by atoms with Crippen LogP contribution < -0.4 is 11.1 Å². The zero-order chi connectivity index (χ0) is 12.3. The molecule has 0 aromatic heterocycles. The molecule has 1 heterocycles. The number of rotatable bonds is 4. The van der Waals surface area contributed by atoms with Gasteiger partial charge in [-0.3, -0.25) is 10.1 Å². The molecule has 0 spiro atoms. The molecule has 3 N–H and O–H groups in total. The number of hydrogen-bond acceptors (Lipinski definition) is 3. The average Bonchev–Trinajstić information content (AvgIpc) is 2.71. The standard InChI is InChI=1S/C13H18N2O2/c1-10-13(12(14)16,7-8-17-10)15-9-11-5-3-2-4-6-11/h2-6,10,15H,7-9H2,1H3,(H2,14,16). The van der Waals surface area contributed by atoms with Crippen molar-refractivity contribution in [1.29, 1.82) is 0 Å². The fourth-order valence-corrected chi connectivity index (χ4v) is 2.24.